The number of ether oxygens (including phenoxy) is 2. The van der Waals surface area contributed by atoms with Gasteiger partial charge < -0.3 is 30.5 Å². The van der Waals surface area contributed by atoms with Crippen LogP contribution in [-0.4, -0.2) is 58.7 Å². The van der Waals surface area contributed by atoms with E-state index in [1.807, 2.05) is 0 Å². The van der Waals surface area contributed by atoms with Gasteiger partial charge in [-0.1, -0.05) is 0 Å². The van der Waals surface area contributed by atoms with Crippen molar-refractivity contribution in [1.82, 2.24) is 0 Å². The number of hydrogen-bond donors (Lipinski definition) is 4. The Morgan fingerprint density at radius 1 is 1.46 bits per heavy atom. The van der Waals surface area contributed by atoms with Crippen LogP contribution in [0.4, 0.5) is 0 Å². The maximum absolute atomic E-state index is 9.59. The van der Waals surface area contributed by atoms with Crippen molar-refractivity contribution in [3.8, 4) is 0 Å². The summed E-state index contributed by atoms with van der Waals surface area (Å²) in [5, 5.41) is 28.1. The molecule has 5 N–H and O–H groups in total. The molecular formula is C7H13NO5. The molecule has 0 aromatic heterocycles. The monoisotopic (exact) mass is 191 g/mol. The molecule has 2 fully saturated rings. The molecule has 2 aliphatic heterocycles. The number of aliphatic hydroxyl groups excluding tert-OH is 3. The number of nitrogens with two attached hydrogens (primary N) is 1. The van der Waals surface area contributed by atoms with Gasteiger partial charge in [-0.25, -0.2) is 0 Å². The number of hydrogen-bond acceptors (Lipinski definition) is 6. The molecule has 6 nitrogen and oxygen atoms in total. The zero-order valence-corrected chi connectivity index (χ0v) is 6.96. The second kappa shape index (κ2) is 2.88. The van der Waals surface area contributed by atoms with Crippen molar-refractivity contribution < 1.29 is 24.8 Å². The Labute approximate surface area is 74.9 Å². The van der Waals surface area contributed by atoms with Crippen LogP contribution in [-0.2, 0) is 9.47 Å². The van der Waals surface area contributed by atoms with Gasteiger partial charge in [-0.2, -0.15) is 0 Å². The predicted molar refractivity (Wildman–Crippen MR) is 40.6 cm³/mol. The second-order valence-electron chi connectivity index (χ2n) is 3.53. The topological polar surface area (TPSA) is 105 Å². The molecular weight excluding hydrogens is 178 g/mol. The molecule has 0 spiro atoms. The van der Waals surface area contributed by atoms with E-state index in [-0.39, 0.29) is 6.61 Å². The van der Waals surface area contributed by atoms with E-state index < -0.39 is 36.7 Å². The largest absolute Gasteiger partial charge is 0.393 e. The SMILES string of the molecule is N[C@H]1[C@H]2OCC(CO)(O2)[C@H](O)[C@@H]1O. The van der Waals surface area contributed by atoms with Crippen molar-refractivity contribution in [2.24, 2.45) is 5.73 Å². The fourth-order valence-electron chi connectivity index (χ4n) is 1.73. The highest BCUT2D eigenvalue weighted by Crippen LogP contribution is 2.35. The summed E-state index contributed by atoms with van der Waals surface area (Å²) in [5.74, 6) is 0. The van der Waals surface area contributed by atoms with E-state index >= 15 is 0 Å². The first-order chi connectivity index (χ1) is 6.10. The molecule has 2 bridgehead atoms. The Balaban J connectivity index is 2.25. The Hall–Kier alpha value is -0.240. The summed E-state index contributed by atoms with van der Waals surface area (Å²) in [6, 6.07) is -0.767. The number of rotatable bonds is 1. The number of aliphatic hydroxyl groups is 3. The van der Waals surface area contributed by atoms with Gasteiger partial charge >= 0.3 is 0 Å². The molecule has 13 heavy (non-hydrogen) atoms. The van der Waals surface area contributed by atoms with Gasteiger partial charge in [0.25, 0.3) is 0 Å². The highest BCUT2D eigenvalue weighted by atomic mass is 16.7. The molecule has 0 radical (unpaired) electrons. The lowest BCUT2D eigenvalue weighted by molar-refractivity contribution is -0.228. The van der Waals surface area contributed by atoms with Gasteiger partial charge in [0, 0.05) is 0 Å². The second-order valence-corrected chi connectivity index (χ2v) is 3.53. The minimum atomic E-state index is -1.20. The van der Waals surface area contributed by atoms with Crippen LogP contribution < -0.4 is 5.73 Å². The maximum atomic E-state index is 9.59. The molecule has 5 atom stereocenters. The van der Waals surface area contributed by atoms with E-state index in [0.29, 0.717) is 0 Å². The van der Waals surface area contributed by atoms with Crippen LogP contribution in [0.5, 0.6) is 0 Å². The summed E-state index contributed by atoms with van der Waals surface area (Å²) < 4.78 is 10.3. The summed E-state index contributed by atoms with van der Waals surface area (Å²) in [6.07, 6.45) is -3.05. The minimum absolute atomic E-state index is 0.0556. The van der Waals surface area contributed by atoms with Gasteiger partial charge in [0.2, 0.25) is 0 Å². The fraction of sp³-hybridized carbons (Fsp3) is 1.00. The van der Waals surface area contributed by atoms with Gasteiger partial charge in [0.05, 0.1) is 19.3 Å². The maximum Gasteiger partial charge on any atom is 0.176 e. The normalized spacial score (nSPS) is 55.4. The van der Waals surface area contributed by atoms with E-state index in [0.717, 1.165) is 0 Å². The molecule has 2 heterocycles. The highest BCUT2D eigenvalue weighted by molar-refractivity contribution is 5.04. The first-order valence-electron chi connectivity index (χ1n) is 4.13. The van der Waals surface area contributed by atoms with Gasteiger partial charge in [0.15, 0.2) is 6.29 Å². The molecule has 2 saturated heterocycles. The average molecular weight is 191 g/mol. The van der Waals surface area contributed by atoms with Crippen molar-refractivity contribution in [2.45, 2.75) is 30.1 Å². The quantitative estimate of drug-likeness (QED) is 0.355. The number of fused-ring (bicyclic) bond motifs is 2. The summed E-state index contributed by atoms with van der Waals surface area (Å²) >= 11 is 0. The van der Waals surface area contributed by atoms with Crippen molar-refractivity contribution in [3.63, 3.8) is 0 Å². The summed E-state index contributed by atoms with van der Waals surface area (Å²) in [6.45, 7) is -0.339. The van der Waals surface area contributed by atoms with Crippen molar-refractivity contribution in [3.05, 3.63) is 0 Å². The lowest BCUT2D eigenvalue weighted by Crippen LogP contribution is -2.64. The lowest BCUT2D eigenvalue weighted by atomic mass is 9.89. The van der Waals surface area contributed by atoms with Crippen LogP contribution in [0.3, 0.4) is 0 Å². The molecule has 6 heteroatoms. The molecule has 2 aliphatic rings. The van der Waals surface area contributed by atoms with Crippen LogP contribution in [0.25, 0.3) is 0 Å². The van der Waals surface area contributed by atoms with E-state index in [1.165, 1.54) is 0 Å². The van der Waals surface area contributed by atoms with E-state index in [1.54, 1.807) is 0 Å². The lowest BCUT2D eigenvalue weighted by Gasteiger charge is -2.40. The third kappa shape index (κ3) is 1.11. The summed E-state index contributed by atoms with van der Waals surface area (Å²) in [4.78, 5) is 0. The zero-order chi connectivity index (χ0) is 9.64. The smallest absolute Gasteiger partial charge is 0.176 e. The first kappa shape index (κ1) is 9.32. The third-order valence-electron chi connectivity index (χ3n) is 2.68. The molecule has 1 unspecified atom stereocenters. The minimum Gasteiger partial charge on any atom is -0.393 e. The van der Waals surface area contributed by atoms with Crippen molar-refractivity contribution in [2.75, 3.05) is 13.2 Å². The van der Waals surface area contributed by atoms with Gasteiger partial charge in [-0.15, -0.1) is 0 Å². The molecule has 0 aliphatic carbocycles. The third-order valence-corrected chi connectivity index (χ3v) is 2.68. The average Bonchev–Trinajstić information content (AvgIpc) is 2.55. The van der Waals surface area contributed by atoms with Crippen LogP contribution in [0.2, 0.25) is 0 Å². The zero-order valence-electron chi connectivity index (χ0n) is 6.96. The molecule has 0 saturated carbocycles. The molecule has 0 aromatic rings. The molecule has 76 valence electrons. The first-order valence-corrected chi connectivity index (χ1v) is 4.13. The highest BCUT2D eigenvalue weighted by Gasteiger charge is 2.57. The Morgan fingerprint density at radius 2 is 2.15 bits per heavy atom. The Bertz CT molecular complexity index is 213. The fourth-order valence-corrected chi connectivity index (χ4v) is 1.73. The van der Waals surface area contributed by atoms with Crippen LogP contribution >= 0.6 is 0 Å². The van der Waals surface area contributed by atoms with Gasteiger partial charge in [-0.05, 0) is 0 Å². The molecule has 0 amide bonds. The molecule has 2 rings (SSSR count). The summed E-state index contributed by atoms with van der Waals surface area (Å²) in [5.41, 5.74) is 4.33. The Morgan fingerprint density at radius 3 is 2.77 bits per heavy atom. The molecule has 0 aromatic carbocycles. The van der Waals surface area contributed by atoms with Crippen LogP contribution in [0.1, 0.15) is 0 Å². The predicted octanol–water partition coefficient (Wildman–Crippen LogP) is -2.85. The van der Waals surface area contributed by atoms with Crippen LogP contribution in [0.15, 0.2) is 0 Å². The van der Waals surface area contributed by atoms with E-state index in [4.69, 9.17) is 20.3 Å². The van der Waals surface area contributed by atoms with Crippen molar-refractivity contribution >= 4 is 0 Å². The Kier molecular flexibility index (Phi) is 2.06. The summed E-state index contributed by atoms with van der Waals surface area (Å²) in [7, 11) is 0. The van der Waals surface area contributed by atoms with Gasteiger partial charge in [0.1, 0.15) is 17.8 Å². The standard InChI is InChI=1S/C7H13NO5/c8-3-4(10)5(11)7(1-9)2-12-6(3)13-7/h3-6,9-11H,1-2,8H2/t3-,4-,5-,6+,7?/m1/s1. The van der Waals surface area contributed by atoms with Crippen molar-refractivity contribution in [1.29, 1.82) is 0 Å². The van der Waals surface area contributed by atoms with Gasteiger partial charge in [-0.3, -0.25) is 0 Å². The van der Waals surface area contributed by atoms with Crippen LogP contribution in [0, 0.1) is 0 Å². The van der Waals surface area contributed by atoms with E-state index in [9.17, 15) is 10.2 Å². The van der Waals surface area contributed by atoms with E-state index in [2.05, 4.69) is 0 Å².